The van der Waals surface area contributed by atoms with E-state index >= 15 is 0 Å². The molecule has 2 aliphatic rings. The third kappa shape index (κ3) is 6.47. The van der Waals surface area contributed by atoms with Crippen LogP contribution in [0.3, 0.4) is 0 Å². The van der Waals surface area contributed by atoms with Crippen LogP contribution in [0.1, 0.15) is 29.3 Å². The Morgan fingerprint density at radius 2 is 1.97 bits per heavy atom. The number of methoxy groups -OCH3 is 2. The topological polar surface area (TPSA) is 71.5 Å². The molecule has 33 heavy (non-hydrogen) atoms. The lowest BCUT2D eigenvalue weighted by atomic mass is 10.0. The number of thiophene rings is 1. The molecule has 2 atom stereocenters. The monoisotopic (exact) mass is 474 g/mol. The molecule has 1 amide bonds. The number of carbonyl (C=O) groups excluding carboxylic acids is 1. The van der Waals surface area contributed by atoms with E-state index in [-0.39, 0.29) is 18.6 Å². The van der Waals surface area contributed by atoms with Gasteiger partial charge in [-0.1, -0.05) is 0 Å². The van der Waals surface area contributed by atoms with Gasteiger partial charge in [-0.05, 0) is 66.5 Å². The van der Waals surface area contributed by atoms with Gasteiger partial charge in [0, 0.05) is 31.6 Å². The van der Waals surface area contributed by atoms with E-state index in [4.69, 9.17) is 14.2 Å². The zero-order valence-electron chi connectivity index (χ0n) is 19.4. The van der Waals surface area contributed by atoms with Gasteiger partial charge in [-0.15, -0.1) is 11.3 Å². The van der Waals surface area contributed by atoms with Crippen molar-refractivity contribution in [2.75, 3.05) is 53.6 Å². The molecule has 1 fully saturated rings. The third-order valence-corrected chi connectivity index (χ3v) is 7.28. The number of benzene rings is 1. The highest BCUT2D eigenvalue weighted by atomic mass is 32.1. The Morgan fingerprint density at radius 1 is 1.21 bits per heavy atom. The summed E-state index contributed by atoms with van der Waals surface area (Å²) in [6.07, 6.45) is 2.67. The van der Waals surface area contributed by atoms with Crippen molar-refractivity contribution in [1.29, 1.82) is 0 Å². The van der Waals surface area contributed by atoms with Crippen LogP contribution in [0.4, 0.5) is 0 Å². The fourth-order valence-corrected chi connectivity index (χ4v) is 5.34. The molecule has 1 aliphatic carbocycles. The van der Waals surface area contributed by atoms with E-state index < -0.39 is 6.10 Å². The lowest BCUT2D eigenvalue weighted by molar-refractivity contribution is -0.136. The highest BCUT2D eigenvalue weighted by Gasteiger charge is 2.34. The molecule has 1 aromatic carbocycles. The predicted octanol–water partition coefficient (Wildman–Crippen LogP) is 2.98. The number of carbonyl (C=O) groups is 1. The van der Waals surface area contributed by atoms with Crippen LogP contribution in [0.25, 0.3) is 0 Å². The first kappa shape index (κ1) is 24.0. The molecule has 4 rings (SSSR count). The Labute approximate surface area is 199 Å². The number of fused-ring (bicyclic) bond motifs is 1. The SMILES string of the molecule is COC[C@@H](O)CN(CC(=O)N1CCc2sccc2[C@@H]1COc1ccc(OC)cc1)CC1CC1. The molecule has 0 unspecified atom stereocenters. The van der Waals surface area contributed by atoms with Crippen LogP contribution < -0.4 is 9.47 Å². The number of aliphatic hydroxyl groups is 1. The van der Waals surface area contributed by atoms with Crippen LogP contribution in [0.15, 0.2) is 35.7 Å². The van der Waals surface area contributed by atoms with Crippen molar-refractivity contribution in [1.82, 2.24) is 9.80 Å². The van der Waals surface area contributed by atoms with Gasteiger partial charge in [0.1, 0.15) is 18.1 Å². The Balaban J connectivity index is 1.44. The molecule has 8 heteroatoms. The third-order valence-electron chi connectivity index (χ3n) is 6.28. The summed E-state index contributed by atoms with van der Waals surface area (Å²) in [5, 5.41) is 12.4. The van der Waals surface area contributed by atoms with Crippen LogP contribution in [0.5, 0.6) is 11.5 Å². The molecule has 0 bridgehead atoms. The average molecular weight is 475 g/mol. The molecule has 2 aromatic rings. The van der Waals surface area contributed by atoms with Crippen molar-refractivity contribution in [2.45, 2.75) is 31.4 Å². The molecule has 180 valence electrons. The second-order valence-corrected chi connectivity index (χ2v) is 9.89. The summed E-state index contributed by atoms with van der Waals surface area (Å²) >= 11 is 1.75. The summed E-state index contributed by atoms with van der Waals surface area (Å²) in [6.45, 7) is 2.95. The Morgan fingerprint density at radius 3 is 2.67 bits per heavy atom. The van der Waals surface area contributed by atoms with E-state index in [2.05, 4.69) is 16.3 Å². The van der Waals surface area contributed by atoms with Crippen molar-refractivity contribution in [3.05, 3.63) is 46.2 Å². The van der Waals surface area contributed by atoms with Crippen LogP contribution in [-0.4, -0.2) is 80.5 Å². The maximum atomic E-state index is 13.5. The summed E-state index contributed by atoms with van der Waals surface area (Å²) in [5.41, 5.74) is 1.18. The molecule has 7 nitrogen and oxygen atoms in total. The van der Waals surface area contributed by atoms with Gasteiger partial charge in [0.25, 0.3) is 0 Å². The van der Waals surface area contributed by atoms with Crippen molar-refractivity contribution < 1.29 is 24.1 Å². The highest BCUT2D eigenvalue weighted by molar-refractivity contribution is 7.10. The van der Waals surface area contributed by atoms with E-state index in [0.717, 1.165) is 24.5 Å². The molecule has 0 saturated heterocycles. The number of ether oxygens (including phenoxy) is 3. The van der Waals surface area contributed by atoms with E-state index in [1.165, 1.54) is 23.3 Å². The van der Waals surface area contributed by atoms with Crippen LogP contribution in [-0.2, 0) is 16.0 Å². The molecule has 1 N–H and O–H groups in total. The minimum atomic E-state index is -0.597. The van der Waals surface area contributed by atoms with E-state index in [1.807, 2.05) is 29.2 Å². The first-order valence-electron chi connectivity index (χ1n) is 11.6. The maximum absolute atomic E-state index is 13.5. The fraction of sp³-hybridized carbons (Fsp3) is 0.560. The van der Waals surface area contributed by atoms with Gasteiger partial charge in [-0.2, -0.15) is 0 Å². The fourth-order valence-electron chi connectivity index (χ4n) is 4.42. The molecule has 1 saturated carbocycles. The summed E-state index contributed by atoms with van der Waals surface area (Å²) in [4.78, 5) is 18.9. The molecule has 2 heterocycles. The Bertz CT molecular complexity index is 898. The number of aliphatic hydroxyl groups excluding tert-OH is 1. The first-order chi connectivity index (χ1) is 16.1. The summed E-state index contributed by atoms with van der Waals surface area (Å²) < 4.78 is 16.4. The normalized spacial score (nSPS) is 18.8. The molecular formula is C25H34N2O5S. The second-order valence-electron chi connectivity index (χ2n) is 8.89. The van der Waals surface area contributed by atoms with Crippen molar-refractivity contribution in [3.63, 3.8) is 0 Å². The molecule has 0 radical (unpaired) electrons. The number of hydrogen-bond acceptors (Lipinski definition) is 7. The Hall–Kier alpha value is -2.13. The van der Waals surface area contributed by atoms with Crippen molar-refractivity contribution in [3.8, 4) is 11.5 Å². The van der Waals surface area contributed by atoms with E-state index in [1.54, 1.807) is 25.6 Å². The van der Waals surface area contributed by atoms with Gasteiger partial charge in [0.2, 0.25) is 5.91 Å². The number of amides is 1. The van der Waals surface area contributed by atoms with Crippen molar-refractivity contribution >= 4 is 17.2 Å². The number of nitrogens with zero attached hydrogens (tertiary/aromatic N) is 2. The summed E-state index contributed by atoms with van der Waals surface area (Å²) in [7, 11) is 3.22. The molecule has 0 spiro atoms. The molecule has 1 aromatic heterocycles. The van der Waals surface area contributed by atoms with Gasteiger partial charge in [-0.3, -0.25) is 9.69 Å². The number of hydrogen-bond donors (Lipinski definition) is 1. The quantitative estimate of drug-likeness (QED) is 0.510. The largest absolute Gasteiger partial charge is 0.497 e. The smallest absolute Gasteiger partial charge is 0.237 e. The van der Waals surface area contributed by atoms with Gasteiger partial charge >= 0.3 is 0 Å². The summed E-state index contributed by atoms with van der Waals surface area (Å²) in [5.74, 6) is 2.25. The van der Waals surface area contributed by atoms with Gasteiger partial charge in [0.15, 0.2) is 0 Å². The zero-order valence-corrected chi connectivity index (χ0v) is 20.3. The van der Waals surface area contributed by atoms with Gasteiger partial charge in [0.05, 0.1) is 32.4 Å². The molecular weight excluding hydrogens is 440 g/mol. The van der Waals surface area contributed by atoms with Gasteiger partial charge in [-0.25, -0.2) is 0 Å². The summed E-state index contributed by atoms with van der Waals surface area (Å²) in [6, 6.07) is 9.51. The van der Waals surface area contributed by atoms with Crippen LogP contribution >= 0.6 is 11.3 Å². The van der Waals surface area contributed by atoms with Crippen molar-refractivity contribution in [2.24, 2.45) is 5.92 Å². The highest BCUT2D eigenvalue weighted by Crippen LogP contribution is 2.34. The lowest BCUT2D eigenvalue weighted by Gasteiger charge is -2.37. The lowest BCUT2D eigenvalue weighted by Crippen LogP contribution is -2.48. The zero-order chi connectivity index (χ0) is 23.2. The predicted molar refractivity (Wildman–Crippen MR) is 128 cm³/mol. The standard InChI is InChI=1S/C25H34N2O5S/c1-30-16-19(28)14-26(13-18-3-4-18)15-25(29)27-11-9-24-22(10-12-33-24)23(27)17-32-21-7-5-20(31-2)6-8-21/h5-8,10,12,18-19,23,28H,3-4,9,11,13-17H2,1-2H3/t19-,23-/m0/s1. The second kappa shape index (κ2) is 11.3. The molecule has 1 aliphatic heterocycles. The van der Waals surface area contributed by atoms with E-state index in [0.29, 0.717) is 32.2 Å². The average Bonchev–Trinajstić information content (AvgIpc) is 3.49. The number of rotatable bonds is 12. The maximum Gasteiger partial charge on any atom is 0.237 e. The van der Waals surface area contributed by atoms with Gasteiger partial charge < -0.3 is 24.2 Å². The minimum Gasteiger partial charge on any atom is -0.497 e. The van der Waals surface area contributed by atoms with Crippen LogP contribution in [0.2, 0.25) is 0 Å². The Kier molecular flexibility index (Phi) is 8.25. The van der Waals surface area contributed by atoms with Crippen LogP contribution in [0, 0.1) is 5.92 Å². The minimum absolute atomic E-state index is 0.0837. The first-order valence-corrected chi connectivity index (χ1v) is 12.5. The van der Waals surface area contributed by atoms with E-state index in [9.17, 15) is 9.90 Å².